The molecule has 0 aromatic carbocycles. The van der Waals surface area contributed by atoms with E-state index >= 15 is 0 Å². The van der Waals surface area contributed by atoms with Gasteiger partial charge in [0.15, 0.2) is 0 Å². The zero-order valence-corrected chi connectivity index (χ0v) is 7.81. The molecule has 0 spiro atoms. The monoisotopic (exact) mass is 264 g/mol. The average Bonchev–Trinajstić information content (AvgIpc) is 2.00. The van der Waals surface area contributed by atoms with E-state index in [-0.39, 0.29) is 12.4 Å². The summed E-state index contributed by atoms with van der Waals surface area (Å²) in [5.41, 5.74) is 8.87. The van der Waals surface area contributed by atoms with Crippen LogP contribution in [-0.2, 0) is 0 Å². The molecule has 0 amide bonds. The number of nitrogens with two attached hydrogens (primary N) is 2. The summed E-state index contributed by atoms with van der Waals surface area (Å²) in [6, 6.07) is -2.75. The Hall–Kier alpha value is -0.280. The minimum Gasteiger partial charge on any atom is -0.329 e. The minimum absolute atomic E-state index is 0. The molecule has 0 aliphatic carbocycles. The van der Waals surface area contributed by atoms with Gasteiger partial charge in [0.1, 0.15) is 0 Å². The largest absolute Gasteiger partial charge is 0.459 e. The fraction of sp³-hybridized carbons (Fsp3) is 1.00. The van der Waals surface area contributed by atoms with Crippen LogP contribution in [0.25, 0.3) is 0 Å². The zero-order chi connectivity index (χ0) is 11.8. The number of alkyl halides is 7. The van der Waals surface area contributed by atoms with Crippen molar-refractivity contribution in [3.8, 4) is 0 Å². The first-order chi connectivity index (χ1) is 5.98. The summed E-state index contributed by atoms with van der Waals surface area (Å²) < 4.78 is 83.6. The fourth-order valence-corrected chi connectivity index (χ4v) is 0.570. The van der Waals surface area contributed by atoms with Gasteiger partial charge in [0.05, 0.1) is 6.04 Å². The molecule has 94 valence electrons. The minimum atomic E-state index is -6.36. The van der Waals surface area contributed by atoms with Crippen LogP contribution in [0.15, 0.2) is 0 Å². The van der Waals surface area contributed by atoms with Crippen LogP contribution in [0.1, 0.15) is 0 Å². The Bertz CT molecular complexity index is 204. The second kappa shape index (κ2) is 4.71. The van der Waals surface area contributed by atoms with Crippen LogP contribution in [0.4, 0.5) is 30.7 Å². The van der Waals surface area contributed by atoms with Gasteiger partial charge in [0.2, 0.25) is 0 Å². The van der Waals surface area contributed by atoms with E-state index in [0.29, 0.717) is 0 Å². The summed E-state index contributed by atoms with van der Waals surface area (Å²) in [5.74, 6) is -11.6. The highest BCUT2D eigenvalue weighted by Crippen LogP contribution is 2.47. The molecule has 0 saturated heterocycles. The van der Waals surface area contributed by atoms with E-state index in [2.05, 4.69) is 11.5 Å². The molecule has 15 heavy (non-hydrogen) atoms. The van der Waals surface area contributed by atoms with Gasteiger partial charge >= 0.3 is 18.0 Å². The molecule has 0 radical (unpaired) electrons. The zero-order valence-electron chi connectivity index (χ0n) is 6.99. The van der Waals surface area contributed by atoms with Gasteiger partial charge < -0.3 is 11.5 Å². The number of hydrogen-bond donors (Lipinski definition) is 2. The fourth-order valence-electron chi connectivity index (χ4n) is 0.570. The molecule has 2 nitrogen and oxygen atoms in total. The molecular formula is C5H8ClF7N2. The Kier molecular flexibility index (Phi) is 5.37. The molecular weight excluding hydrogens is 257 g/mol. The van der Waals surface area contributed by atoms with Crippen molar-refractivity contribution in [1.82, 2.24) is 0 Å². The average molecular weight is 265 g/mol. The molecule has 0 saturated carbocycles. The van der Waals surface area contributed by atoms with Gasteiger partial charge in [0, 0.05) is 6.54 Å². The number of halogens is 8. The van der Waals surface area contributed by atoms with Crippen LogP contribution >= 0.6 is 12.4 Å². The smallest absolute Gasteiger partial charge is 0.329 e. The van der Waals surface area contributed by atoms with E-state index in [1.165, 1.54) is 0 Å². The van der Waals surface area contributed by atoms with E-state index in [0.717, 1.165) is 0 Å². The van der Waals surface area contributed by atoms with Crippen molar-refractivity contribution in [2.24, 2.45) is 11.5 Å². The standard InChI is InChI=1S/C5H7F7N2.ClH/c6-3(7,2(14)1-13)4(8,9)5(10,11)12;/h2H,1,13-14H2;1H/t2-;/m1./s1. The second-order valence-corrected chi connectivity index (χ2v) is 2.54. The molecule has 10 heteroatoms. The molecule has 0 aromatic heterocycles. The molecule has 0 aromatic rings. The van der Waals surface area contributed by atoms with Gasteiger partial charge in [0.25, 0.3) is 0 Å². The van der Waals surface area contributed by atoms with E-state index < -0.39 is 30.6 Å². The third-order valence-electron chi connectivity index (χ3n) is 1.49. The maximum absolute atomic E-state index is 12.4. The van der Waals surface area contributed by atoms with Gasteiger partial charge in [-0.05, 0) is 0 Å². The molecule has 0 aliphatic heterocycles. The summed E-state index contributed by atoms with van der Waals surface area (Å²) in [4.78, 5) is 0. The van der Waals surface area contributed by atoms with Crippen LogP contribution < -0.4 is 11.5 Å². The molecule has 0 unspecified atom stereocenters. The molecule has 0 rings (SSSR count). The lowest BCUT2D eigenvalue weighted by Gasteiger charge is -2.31. The third kappa shape index (κ3) is 2.85. The van der Waals surface area contributed by atoms with E-state index in [9.17, 15) is 30.7 Å². The second-order valence-electron chi connectivity index (χ2n) is 2.54. The van der Waals surface area contributed by atoms with Crippen LogP contribution in [0.5, 0.6) is 0 Å². The Balaban J connectivity index is 0. The Morgan fingerprint density at radius 1 is 0.933 bits per heavy atom. The first kappa shape index (κ1) is 17.1. The molecule has 0 aliphatic rings. The number of hydrogen-bond acceptors (Lipinski definition) is 2. The first-order valence-corrected chi connectivity index (χ1v) is 3.26. The Morgan fingerprint density at radius 3 is 1.47 bits per heavy atom. The van der Waals surface area contributed by atoms with E-state index in [1.54, 1.807) is 0 Å². The maximum atomic E-state index is 12.4. The van der Waals surface area contributed by atoms with Gasteiger partial charge in [-0.25, -0.2) is 0 Å². The SMILES string of the molecule is Cl.NC[C@@H](N)C(F)(F)C(F)(F)C(F)(F)F. The van der Waals surface area contributed by atoms with Crippen molar-refractivity contribution in [3.05, 3.63) is 0 Å². The van der Waals surface area contributed by atoms with Crippen LogP contribution in [0.3, 0.4) is 0 Å². The number of rotatable bonds is 3. The van der Waals surface area contributed by atoms with Crippen LogP contribution in [0, 0.1) is 0 Å². The predicted octanol–water partition coefficient (Wildman–Crippen LogP) is 1.53. The van der Waals surface area contributed by atoms with E-state index in [1.807, 2.05) is 0 Å². The highest BCUT2D eigenvalue weighted by molar-refractivity contribution is 5.85. The maximum Gasteiger partial charge on any atom is 0.459 e. The van der Waals surface area contributed by atoms with Crippen molar-refractivity contribution in [3.63, 3.8) is 0 Å². The van der Waals surface area contributed by atoms with Crippen LogP contribution in [0.2, 0.25) is 0 Å². The van der Waals surface area contributed by atoms with E-state index in [4.69, 9.17) is 0 Å². The molecule has 4 N–H and O–H groups in total. The lowest BCUT2D eigenvalue weighted by atomic mass is 10.0. The molecule has 0 heterocycles. The van der Waals surface area contributed by atoms with Crippen molar-refractivity contribution >= 4 is 12.4 Å². The van der Waals surface area contributed by atoms with Gasteiger partial charge in [-0.2, -0.15) is 30.7 Å². The third-order valence-corrected chi connectivity index (χ3v) is 1.49. The Labute approximate surface area is 86.2 Å². The van der Waals surface area contributed by atoms with Gasteiger partial charge in [-0.1, -0.05) is 0 Å². The van der Waals surface area contributed by atoms with Crippen molar-refractivity contribution < 1.29 is 30.7 Å². The van der Waals surface area contributed by atoms with Gasteiger partial charge in [-0.3, -0.25) is 0 Å². The Morgan fingerprint density at radius 2 is 1.27 bits per heavy atom. The highest BCUT2D eigenvalue weighted by Gasteiger charge is 2.74. The van der Waals surface area contributed by atoms with Crippen molar-refractivity contribution in [1.29, 1.82) is 0 Å². The summed E-state index contributed by atoms with van der Waals surface area (Å²) in [7, 11) is 0. The summed E-state index contributed by atoms with van der Waals surface area (Å²) in [6.07, 6.45) is -6.36. The predicted molar refractivity (Wildman–Crippen MR) is 40.2 cm³/mol. The van der Waals surface area contributed by atoms with Gasteiger partial charge in [-0.15, -0.1) is 12.4 Å². The lowest BCUT2D eigenvalue weighted by Crippen LogP contribution is -2.62. The first-order valence-electron chi connectivity index (χ1n) is 3.26. The van der Waals surface area contributed by atoms with Crippen LogP contribution in [-0.4, -0.2) is 30.6 Å². The van der Waals surface area contributed by atoms with Crippen molar-refractivity contribution in [2.45, 2.75) is 24.1 Å². The lowest BCUT2D eigenvalue weighted by molar-refractivity contribution is -0.357. The topological polar surface area (TPSA) is 52.0 Å². The molecule has 0 bridgehead atoms. The summed E-state index contributed by atoms with van der Waals surface area (Å²) in [6.45, 7) is -1.18. The highest BCUT2D eigenvalue weighted by atomic mass is 35.5. The summed E-state index contributed by atoms with van der Waals surface area (Å²) >= 11 is 0. The quantitative estimate of drug-likeness (QED) is 0.760. The normalized spacial score (nSPS) is 15.8. The molecule has 1 atom stereocenters. The molecule has 0 fully saturated rings. The van der Waals surface area contributed by atoms with Crippen molar-refractivity contribution in [2.75, 3.05) is 6.54 Å². The summed E-state index contributed by atoms with van der Waals surface area (Å²) in [5, 5.41) is 0.